The molecular formula is C23H42N3O7PS. The Balaban J connectivity index is 1.58. The third-order valence-corrected chi connectivity index (χ3v) is 7.40. The number of anilines is 1. The molecule has 1 fully saturated rings. The summed E-state index contributed by atoms with van der Waals surface area (Å²) in [4.78, 5) is 13.8. The van der Waals surface area contributed by atoms with Gasteiger partial charge in [0.05, 0.1) is 13.2 Å². The Morgan fingerprint density at radius 1 is 1.03 bits per heavy atom. The van der Waals surface area contributed by atoms with Gasteiger partial charge in [-0.3, -0.25) is 13.6 Å². The lowest BCUT2D eigenvalue weighted by molar-refractivity contribution is -0.0543. The molecule has 12 heteroatoms. The van der Waals surface area contributed by atoms with Crippen molar-refractivity contribution in [1.82, 2.24) is 9.55 Å². The molecule has 1 saturated heterocycles. The van der Waals surface area contributed by atoms with Gasteiger partial charge in [-0.05, 0) is 24.7 Å². The molecule has 202 valence electrons. The molecule has 1 unspecified atom stereocenters. The summed E-state index contributed by atoms with van der Waals surface area (Å²) in [5.41, 5.74) is 5.58. The molecule has 1 aliphatic rings. The second-order valence-corrected chi connectivity index (χ2v) is 10.9. The van der Waals surface area contributed by atoms with E-state index in [0.717, 1.165) is 19.3 Å². The number of aliphatic hydroxyl groups is 2. The first-order valence-corrected chi connectivity index (χ1v) is 14.6. The Morgan fingerprint density at radius 3 is 2.17 bits per heavy atom. The first-order valence-electron chi connectivity index (χ1n) is 12.7. The number of aromatic nitrogens is 2. The normalized spacial score (nSPS) is 24.0. The quantitative estimate of drug-likeness (QED) is 0.119. The number of phosphoric acid groups is 1. The molecule has 1 aromatic rings. The fourth-order valence-electron chi connectivity index (χ4n) is 4.04. The molecule has 0 aliphatic carbocycles. The van der Waals surface area contributed by atoms with E-state index in [2.05, 4.69) is 11.9 Å². The first-order chi connectivity index (χ1) is 16.7. The topological polar surface area (TPSA) is 149 Å². The van der Waals surface area contributed by atoms with Crippen LogP contribution in [-0.4, -0.2) is 56.2 Å². The van der Waals surface area contributed by atoms with Crippen LogP contribution in [0.3, 0.4) is 0 Å². The lowest BCUT2D eigenvalue weighted by atomic mass is 10.1. The van der Waals surface area contributed by atoms with Crippen molar-refractivity contribution in [2.45, 2.75) is 109 Å². The monoisotopic (exact) mass is 535 g/mol. The van der Waals surface area contributed by atoms with Crippen molar-refractivity contribution >= 4 is 25.9 Å². The van der Waals surface area contributed by atoms with E-state index in [0.29, 0.717) is 6.42 Å². The van der Waals surface area contributed by atoms with Crippen LogP contribution in [0.15, 0.2) is 12.3 Å². The Kier molecular flexibility index (Phi) is 13.9. The van der Waals surface area contributed by atoms with Crippen LogP contribution in [0.2, 0.25) is 0 Å². The molecular weight excluding hydrogens is 493 g/mol. The van der Waals surface area contributed by atoms with Crippen LogP contribution in [0.25, 0.3) is 0 Å². The molecule has 10 nitrogen and oxygen atoms in total. The van der Waals surface area contributed by atoms with E-state index < -0.39 is 39.0 Å². The van der Waals surface area contributed by atoms with Gasteiger partial charge in [0.25, 0.3) is 0 Å². The number of hydrogen-bond donors (Lipinski definition) is 4. The van der Waals surface area contributed by atoms with E-state index in [1.54, 1.807) is 0 Å². The lowest BCUT2D eigenvalue weighted by Crippen LogP contribution is -2.33. The van der Waals surface area contributed by atoms with Crippen molar-refractivity contribution in [2.24, 2.45) is 0 Å². The second-order valence-electron chi connectivity index (χ2n) is 9.08. The fraction of sp³-hybridized carbons (Fsp3) is 0.826. The number of aliphatic hydroxyl groups excluding tert-OH is 2. The lowest BCUT2D eigenvalue weighted by Gasteiger charge is -2.18. The summed E-state index contributed by atoms with van der Waals surface area (Å²) in [5.74, 6) is 0.214. The molecule has 0 spiro atoms. The van der Waals surface area contributed by atoms with Crippen molar-refractivity contribution in [3.05, 3.63) is 17.0 Å². The van der Waals surface area contributed by atoms with E-state index in [1.165, 1.54) is 68.2 Å². The highest BCUT2D eigenvalue weighted by atomic mass is 32.1. The zero-order valence-corrected chi connectivity index (χ0v) is 22.4. The summed E-state index contributed by atoms with van der Waals surface area (Å²) >= 11 is 5.12. The highest BCUT2D eigenvalue weighted by molar-refractivity contribution is 7.71. The Bertz CT molecular complexity index is 844. The maximum Gasteiger partial charge on any atom is 0.472 e. The second kappa shape index (κ2) is 16.0. The molecule has 1 aliphatic heterocycles. The van der Waals surface area contributed by atoms with Crippen molar-refractivity contribution in [2.75, 3.05) is 18.9 Å². The predicted octanol–water partition coefficient (Wildman–Crippen LogP) is 4.65. The molecule has 0 amide bonds. The SMILES string of the molecule is CCCCCCCCCCCCCCOP(=O)(O)OC[C@H]1O[C@@H](n2ccc(N)nc2=S)[C@@H](O)[C@@H]1O. The minimum Gasteiger partial charge on any atom is -0.387 e. The molecule has 5 N–H and O–H groups in total. The highest BCUT2D eigenvalue weighted by Gasteiger charge is 2.44. The summed E-state index contributed by atoms with van der Waals surface area (Å²) in [6, 6.07) is 1.48. The molecule has 0 aromatic carbocycles. The summed E-state index contributed by atoms with van der Waals surface area (Å²) < 4.78 is 29.2. The van der Waals surface area contributed by atoms with Crippen LogP contribution >= 0.6 is 20.0 Å². The molecule has 2 rings (SSSR count). The van der Waals surface area contributed by atoms with Crippen molar-refractivity contribution in [1.29, 1.82) is 0 Å². The van der Waals surface area contributed by atoms with Crippen LogP contribution in [0.5, 0.6) is 0 Å². The van der Waals surface area contributed by atoms with Gasteiger partial charge < -0.3 is 25.6 Å². The van der Waals surface area contributed by atoms with Gasteiger partial charge in [-0.1, -0.05) is 77.6 Å². The van der Waals surface area contributed by atoms with E-state index in [1.807, 2.05) is 0 Å². The van der Waals surface area contributed by atoms with Gasteiger partial charge in [0.2, 0.25) is 4.77 Å². The van der Waals surface area contributed by atoms with Gasteiger partial charge in [0, 0.05) is 6.20 Å². The number of nitrogens with zero attached hydrogens (tertiary/aromatic N) is 2. The number of phosphoric ester groups is 1. The van der Waals surface area contributed by atoms with Crippen LogP contribution in [-0.2, 0) is 18.3 Å². The predicted molar refractivity (Wildman–Crippen MR) is 136 cm³/mol. The molecule has 0 bridgehead atoms. The average Bonchev–Trinajstić information content (AvgIpc) is 3.09. The third kappa shape index (κ3) is 10.9. The van der Waals surface area contributed by atoms with Gasteiger partial charge in [0.1, 0.15) is 24.1 Å². The van der Waals surface area contributed by atoms with Crippen LogP contribution < -0.4 is 5.73 Å². The zero-order chi connectivity index (χ0) is 25.7. The minimum atomic E-state index is -4.31. The highest BCUT2D eigenvalue weighted by Crippen LogP contribution is 2.44. The fourth-order valence-corrected chi connectivity index (χ4v) is 5.08. The standard InChI is InChI=1S/C23H42N3O7PS/c1-2-3-4-5-6-7-8-9-10-11-12-13-16-31-34(29,30)32-17-18-20(27)21(28)22(33-18)26-15-14-19(24)25-23(26)35/h14-15,18,20-22,27-28H,2-13,16-17H2,1H3,(H,29,30)(H2,24,25,35)/t18-,20-,21+,22-/m1/s1. The smallest absolute Gasteiger partial charge is 0.387 e. The molecule has 0 saturated carbocycles. The van der Waals surface area contributed by atoms with Crippen molar-refractivity contribution in [3.63, 3.8) is 0 Å². The minimum absolute atomic E-state index is 0.0707. The largest absolute Gasteiger partial charge is 0.472 e. The molecule has 0 radical (unpaired) electrons. The Hall–Kier alpha value is -0.910. The number of ether oxygens (including phenoxy) is 1. The molecule has 5 atom stereocenters. The molecule has 2 heterocycles. The Labute approximate surface area is 213 Å². The number of rotatable bonds is 18. The van der Waals surface area contributed by atoms with Crippen LogP contribution in [0.1, 0.15) is 90.2 Å². The van der Waals surface area contributed by atoms with Gasteiger partial charge in [-0.25, -0.2) is 9.55 Å². The molecule has 35 heavy (non-hydrogen) atoms. The summed E-state index contributed by atoms with van der Waals surface area (Å²) in [6.07, 6.45) is 11.0. The van der Waals surface area contributed by atoms with Crippen LogP contribution in [0, 0.1) is 4.77 Å². The van der Waals surface area contributed by atoms with Gasteiger partial charge in [-0.2, -0.15) is 0 Å². The number of nitrogen functional groups attached to an aromatic ring is 1. The number of hydrogen-bond acceptors (Lipinski definition) is 9. The number of unbranched alkanes of at least 4 members (excludes halogenated alkanes) is 11. The summed E-state index contributed by atoms with van der Waals surface area (Å²) in [5, 5.41) is 20.6. The third-order valence-electron chi connectivity index (χ3n) is 6.12. The van der Waals surface area contributed by atoms with Gasteiger partial charge in [0.15, 0.2) is 6.23 Å². The average molecular weight is 536 g/mol. The van der Waals surface area contributed by atoms with Crippen molar-refractivity contribution < 1.29 is 33.5 Å². The van der Waals surface area contributed by atoms with E-state index in [4.69, 9.17) is 31.7 Å². The number of nitrogens with two attached hydrogens (primary N) is 1. The summed E-state index contributed by atoms with van der Waals surface area (Å²) in [6.45, 7) is 1.90. The molecule has 1 aromatic heterocycles. The van der Waals surface area contributed by atoms with E-state index in [-0.39, 0.29) is 17.2 Å². The summed E-state index contributed by atoms with van der Waals surface area (Å²) in [7, 11) is -4.31. The van der Waals surface area contributed by atoms with Crippen molar-refractivity contribution in [3.8, 4) is 0 Å². The van der Waals surface area contributed by atoms with E-state index in [9.17, 15) is 19.7 Å². The van der Waals surface area contributed by atoms with E-state index >= 15 is 0 Å². The van der Waals surface area contributed by atoms with Gasteiger partial charge >= 0.3 is 7.82 Å². The maximum atomic E-state index is 12.2. The Morgan fingerprint density at radius 2 is 1.60 bits per heavy atom. The zero-order valence-electron chi connectivity index (χ0n) is 20.7. The maximum absolute atomic E-state index is 12.2. The first kappa shape index (κ1) is 30.3. The van der Waals surface area contributed by atoms with Crippen LogP contribution in [0.4, 0.5) is 5.82 Å². The van der Waals surface area contributed by atoms with Gasteiger partial charge in [-0.15, -0.1) is 0 Å².